The van der Waals surface area contributed by atoms with Crippen LogP contribution >= 0.6 is 0 Å². The third-order valence-corrected chi connectivity index (χ3v) is 19.4. The zero-order valence-electron chi connectivity index (χ0n) is 43.7. The Morgan fingerprint density at radius 2 is 0.692 bits per heavy atom. The summed E-state index contributed by atoms with van der Waals surface area (Å²) in [6, 6.07) is 75.2. The van der Waals surface area contributed by atoms with Crippen LogP contribution in [-0.2, 0) is 28.5 Å². The van der Waals surface area contributed by atoms with Crippen molar-refractivity contribution in [1.82, 2.24) is 0 Å². The molecule has 378 valence electrons. The van der Waals surface area contributed by atoms with Gasteiger partial charge in [0.05, 0.1) is 0 Å². The van der Waals surface area contributed by atoms with E-state index in [9.17, 15) is 0 Å². The van der Waals surface area contributed by atoms with Crippen molar-refractivity contribution in [3.63, 3.8) is 0 Å². The summed E-state index contributed by atoms with van der Waals surface area (Å²) in [5.74, 6) is 1.23. The fourth-order valence-electron chi connectivity index (χ4n) is 12.4. The Morgan fingerprint density at radius 1 is 0.359 bits per heavy atom. The fraction of sp³-hybridized carbons (Fsp3) is 0.114. The molecule has 78 heavy (non-hydrogen) atoms. The molecule has 0 spiro atoms. The van der Waals surface area contributed by atoms with Gasteiger partial charge in [0, 0.05) is 0 Å². The molecule has 0 N–H and O–H groups in total. The SMILES string of the molecule is CC(C)(C)c1cc2c3c(c1)-c1ccc4oc5ccc(cc5c4c1)-c1cc(C(C)(C)C)cc(c1N1[C]4=[Pt]=[C]5N(c6[c-]c(ccc6)Oc6[c-]c(ccc6)N4c4ccccc41)c1ccccc1N53)-c1ccc3oc4ccc-2cc4c3c1. The van der Waals surface area contributed by atoms with E-state index < -0.39 is 17.6 Å². The van der Waals surface area contributed by atoms with Gasteiger partial charge in [0.2, 0.25) is 0 Å². The number of furan rings is 2. The van der Waals surface area contributed by atoms with E-state index in [1.807, 2.05) is 12.1 Å². The van der Waals surface area contributed by atoms with Gasteiger partial charge in [-0.2, -0.15) is 0 Å². The number of ether oxygens (including phenoxy) is 1. The average Bonchev–Trinajstić information content (AvgIpc) is 3.65. The summed E-state index contributed by atoms with van der Waals surface area (Å²) in [6.45, 7) is 14.0. The maximum absolute atomic E-state index is 6.85. The van der Waals surface area contributed by atoms with Gasteiger partial charge in [0.25, 0.3) is 0 Å². The van der Waals surface area contributed by atoms with Crippen LogP contribution in [0, 0.1) is 12.1 Å². The Balaban J connectivity index is 1.18. The van der Waals surface area contributed by atoms with Crippen LogP contribution in [0.3, 0.4) is 0 Å². The summed E-state index contributed by atoms with van der Waals surface area (Å²) in [7, 11) is 0. The first-order chi connectivity index (χ1) is 37.9. The van der Waals surface area contributed by atoms with E-state index in [4.69, 9.17) is 13.6 Å². The molecule has 17 rings (SSSR count). The summed E-state index contributed by atoms with van der Waals surface area (Å²) in [5, 5.41) is 4.29. The standard InChI is InChI=1S/C70H48N4O3.Pt/c1-69(2,3)45-33-51-41-21-25-63-55(29-41)57-31-43(23-27-65(57)76-63)53-35-46(70(4,5)6)36-54-44-24-28-66-58(32-44)56-30-42(22-26-64(56)77-66)52(34-45)67(51)73-39-71(59-17-7-9-19-61(59)73)47-13-11-15-49(37-47)75-50-16-12-14-48(38-50)72-40-74(68(53)54)62-20-10-8-18-60(62)72;/h7-36H,1-6H3;/q-2;. The molecule has 0 saturated carbocycles. The molecule has 8 heteroatoms. The summed E-state index contributed by atoms with van der Waals surface area (Å²) < 4.78 is 22.8. The summed E-state index contributed by atoms with van der Waals surface area (Å²) >= 11 is -1.30. The van der Waals surface area contributed by atoms with Gasteiger partial charge in [0.1, 0.15) is 0 Å². The third-order valence-electron chi connectivity index (χ3n) is 16.3. The van der Waals surface area contributed by atoms with Gasteiger partial charge in [0.15, 0.2) is 0 Å². The Hall–Kier alpha value is -8.77. The van der Waals surface area contributed by atoms with Gasteiger partial charge < -0.3 is 0 Å². The van der Waals surface area contributed by atoms with E-state index in [1.165, 1.54) is 11.1 Å². The van der Waals surface area contributed by atoms with Crippen molar-refractivity contribution in [2.45, 2.75) is 52.4 Å². The molecule has 16 bridgehead atoms. The van der Waals surface area contributed by atoms with Crippen molar-refractivity contribution in [3.8, 4) is 56.0 Å². The number of fused-ring (bicyclic) bond motifs is 18. The van der Waals surface area contributed by atoms with Crippen molar-refractivity contribution in [3.05, 3.63) is 205 Å². The number of hydrogen-bond acceptors (Lipinski definition) is 7. The molecule has 10 aromatic carbocycles. The number of para-hydroxylation sites is 4. The zero-order chi connectivity index (χ0) is 52.1. The molecule has 5 aliphatic rings. The molecule has 7 nitrogen and oxygen atoms in total. The molecule has 12 aromatic rings. The van der Waals surface area contributed by atoms with Gasteiger partial charge in [-0.15, -0.1) is 0 Å². The van der Waals surface area contributed by atoms with Crippen molar-refractivity contribution in [2.24, 2.45) is 0 Å². The van der Waals surface area contributed by atoms with Crippen LogP contribution in [0.15, 0.2) is 191 Å². The first-order valence-corrected chi connectivity index (χ1v) is 28.9. The normalized spacial score (nSPS) is 14.8. The van der Waals surface area contributed by atoms with E-state index in [1.54, 1.807) is 0 Å². The van der Waals surface area contributed by atoms with Crippen molar-refractivity contribution in [1.29, 1.82) is 0 Å². The number of hydrogen-bond donors (Lipinski definition) is 0. The van der Waals surface area contributed by atoms with E-state index >= 15 is 0 Å². The predicted octanol–water partition coefficient (Wildman–Crippen LogP) is 18.6. The summed E-state index contributed by atoms with van der Waals surface area (Å²) in [6.07, 6.45) is 0. The van der Waals surface area contributed by atoms with Crippen LogP contribution in [-0.4, -0.2) is 8.29 Å². The number of anilines is 8. The Morgan fingerprint density at radius 3 is 1.03 bits per heavy atom. The third kappa shape index (κ3) is 6.25. The molecule has 0 atom stereocenters. The Kier molecular flexibility index (Phi) is 8.79. The number of nitrogens with zero attached hydrogens (tertiary/aromatic N) is 4. The molecule has 0 saturated heterocycles. The van der Waals surface area contributed by atoms with Crippen LogP contribution < -0.4 is 24.3 Å². The summed E-state index contributed by atoms with van der Waals surface area (Å²) in [4.78, 5) is 10.2. The molecule has 0 fully saturated rings. The molecular formula is C70H48N4O3Pt-2. The summed E-state index contributed by atoms with van der Waals surface area (Å²) in [5.41, 5.74) is 22.6. The molecule has 0 radical (unpaired) electrons. The molecule has 0 amide bonds. The quantitative estimate of drug-likeness (QED) is 0.140. The maximum atomic E-state index is 6.85. The minimum absolute atomic E-state index is 0.216. The van der Waals surface area contributed by atoms with Gasteiger partial charge in [-0.05, 0) is 0 Å². The van der Waals surface area contributed by atoms with E-state index in [-0.39, 0.29) is 10.8 Å². The van der Waals surface area contributed by atoms with Gasteiger partial charge >= 0.3 is 462 Å². The Labute approximate surface area is 459 Å². The van der Waals surface area contributed by atoms with Crippen molar-refractivity contribution < 1.29 is 31.2 Å². The van der Waals surface area contributed by atoms with E-state index in [0.29, 0.717) is 11.5 Å². The molecule has 2 aromatic heterocycles. The Bertz CT molecular complexity index is 4310. The topological polar surface area (TPSA) is 48.5 Å². The fourth-order valence-corrected chi connectivity index (χ4v) is 16.0. The number of rotatable bonds is 0. The van der Waals surface area contributed by atoms with Crippen LogP contribution in [0.4, 0.5) is 45.5 Å². The van der Waals surface area contributed by atoms with Crippen LogP contribution in [0.25, 0.3) is 88.4 Å². The van der Waals surface area contributed by atoms with Crippen molar-refractivity contribution in [2.75, 3.05) is 19.6 Å². The second kappa shape index (κ2) is 15.5. The second-order valence-corrected chi connectivity index (χ2v) is 25.8. The second-order valence-electron chi connectivity index (χ2n) is 23.2. The van der Waals surface area contributed by atoms with E-state index in [0.717, 1.165) is 142 Å². The first-order valence-electron chi connectivity index (χ1n) is 26.6. The van der Waals surface area contributed by atoms with E-state index in [2.05, 4.69) is 243 Å². The molecule has 5 aliphatic heterocycles. The minimum atomic E-state index is -1.30. The molecular weight excluding hydrogens is 1140 g/mol. The van der Waals surface area contributed by atoms with Gasteiger partial charge in [-0.1, -0.05) is 0 Å². The van der Waals surface area contributed by atoms with Gasteiger partial charge in [-0.25, -0.2) is 0 Å². The molecule has 0 aliphatic carbocycles. The number of benzene rings is 10. The van der Waals surface area contributed by atoms with Crippen LogP contribution in [0.5, 0.6) is 11.5 Å². The zero-order valence-corrected chi connectivity index (χ0v) is 45.9. The molecule has 7 heterocycles. The van der Waals surface area contributed by atoms with Crippen LogP contribution in [0.1, 0.15) is 52.7 Å². The first kappa shape index (κ1) is 44.4. The predicted molar refractivity (Wildman–Crippen MR) is 316 cm³/mol. The molecule has 0 unspecified atom stereocenters. The van der Waals surface area contributed by atoms with Gasteiger partial charge in [-0.3, -0.25) is 0 Å². The van der Waals surface area contributed by atoms with Crippen LogP contribution in [0.2, 0.25) is 0 Å². The monoisotopic (exact) mass is 1190 g/mol. The average molecular weight is 1190 g/mol. The van der Waals surface area contributed by atoms with Crippen molar-refractivity contribution >= 4 is 97.7 Å².